The fourth-order valence-corrected chi connectivity index (χ4v) is 4.37. The first-order valence-electron chi connectivity index (χ1n) is 7.46. The second-order valence-electron chi connectivity index (χ2n) is 5.85. The normalized spacial score (nSPS) is 14.3. The van der Waals surface area contributed by atoms with E-state index in [1.807, 2.05) is 12.3 Å². The van der Waals surface area contributed by atoms with Crippen molar-refractivity contribution in [3.05, 3.63) is 56.9 Å². The van der Waals surface area contributed by atoms with Crippen molar-refractivity contribution in [2.75, 3.05) is 0 Å². The lowest BCUT2D eigenvalue weighted by atomic mass is 9.98. The Morgan fingerprint density at radius 2 is 2.05 bits per heavy atom. The van der Waals surface area contributed by atoms with E-state index in [1.54, 1.807) is 11.3 Å². The number of aryl methyl sites for hydroxylation is 3. The van der Waals surface area contributed by atoms with Crippen molar-refractivity contribution in [1.29, 1.82) is 0 Å². The van der Waals surface area contributed by atoms with Gasteiger partial charge in [0.05, 0.1) is 4.88 Å². The van der Waals surface area contributed by atoms with Gasteiger partial charge in [0.2, 0.25) is 5.78 Å². The Labute approximate surface area is 127 Å². The molecule has 106 valence electrons. The van der Waals surface area contributed by atoms with Crippen LogP contribution in [-0.4, -0.2) is 10.8 Å². The van der Waals surface area contributed by atoms with Gasteiger partial charge in [-0.1, -0.05) is 12.1 Å². The van der Waals surface area contributed by atoms with Crippen LogP contribution >= 0.6 is 11.3 Å². The number of hydrogen-bond donors (Lipinski definition) is 1. The number of carbonyl (C=O) groups is 1. The van der Waals surface area contributed by atoms with Crippen LogP contribution in [0.5, 0.6) is 0 Å². The number of aromatic amines is 1. The molecule has 0 saturated carbocycles. The van der Waals surface area contributed by atoms with Gasteiger partial charge in [0.15, 0.2) is 0 Å². The van der Waals surface area contributed by atoms with Gasteiger partial charge in [-0.3, -0.25) is 4.79 Å². The Morgan fingerprint density at radius 3 is 2.90 bits per heavy atom. The summed E-state index contributed by atoms with van der Waals surface area (Å²) >= 11 is 1.69. The van der Waals surface area contributed by atoms with E-state index in [0.717, 1.165) is 34.2 Å². The van der Waals surface area contributed by atoms with Gasteiger partial charge in [0, 0.05) is 27.5 Å². The van der Waals surface area contributed by atoms with Crippen LogP contribution in [0.3, 0.4) is 0 Å². The third-order valence-electron chi connectivity index (χ3n) is 4.30. The van der Waals surface area contributed by atoms with Crippen molar-refractivity contribution in [1.82, 2.24) is 4.98 Å². The summed E-state index contributed by atoms with van der Waals surface area (Å²) in [6, 6.07) is 8.31. The van der Waals surface area contributed by atoms with Crippen LogP contribution in [0, 0.1) is 6.92 Å². The van der Waals surface area contributed by atoms with E-state index < -0.39 is 0 Å². The van der Waals surface area contributed by atoms with E-state index in [1.165, 1.54) is 28.8 Å². The number of hydrogen-bond acceptors (Lipinski definition) is 2. The minimum atomic E-state index is 0.157. The number of ketones is 1. The lowest BCUT2D eigenvalue weighted by Gasteiger charge is -2.08. The molecule has 1 aliphatic rings. The quantitative estimate of drug-likeness (QED) is 0.686. The number of thiophene rings is 1. The van der Waals surface area contributed by atoms with E-state index in [4.69, 9.17) is 0 Å². The average Bonchev–Trinajstić information content (AvgIpc) is 3.09. The van der Waals surface area contributed by atoms with Crippen LogP contribution in [-0.2, 0) is 12.8 Å². The molecule has 0 unspecified atom stereocenters. The summed E-state index contributed by atoms with van der Waals surface area (Å²) in [4.78, 5) is 18.3. The van der Waals surface area contributed by atoms with Crippen molar-refractivity contribution < 1.29 is 4.79 Å². The second-order valence-corrected chi connectivity index (χ2v) is 6.98. The highest BCUT2D eigenvalue weighted by Gasteiger charge is 2.20. The Kier molecular flexibility index (Phi) is 2.96. The molecular weight excluding hydrogens is 278 g/mol. The number of fused-ring (bicyclic) bond motifs is 2. The highest BCUT2D eigenvalue weighted by molar-refractivity contribution is 7.14. The fraction of sp³-hybridized carbons (Fsp3) is 0.278. The summed E-state index contributed by atoms with van der Waals surface area (Å²) in [6.07, 6.45) is 6.63. The predicted molar refractivity (Wildman–Crippen MR) is 87.4 cm³/mol. The molecular formula is C18H17NOS. The van der Waals surface area contributed by atoms with Crippen LogP contribution in [0.25, 0.3) is 10.9 Å². The molecule has 0 aliphatic heterocycles. The standard InChI is InChI=1S/C18H17NOS/c1-11-6-7-13-14(10-19-15(13)8-11)18(20)17-9-12-4-2-3-5-16(12)21-17/h6-10,19H,2-5H2,1H3. The largest absolute Gasteiger partial charge is 0.360 e. The minimum absolute atomic E-state index is 0.157. The molecule has 1 aromatic carbocycles. The number of carbonyl (C=O) groups excluding carboxylic acids is 1. The molecule has 0 saturated heterocycles. The molecule has 4 rings (SSSR count). The van der Waals surface area contributed by atoms with E-state index in [2.05, 4.69) is 30.1 Å². The van der Waals surface area contributed by atoms with E-state index >= 15 is 0 Å². The summed E-state index contributed by atoms with van der Waals surface area (Å²) < 4.78 is 0. The molecule has 0 atom stereocenters. The van der Waals surface area contributed by atoms with Crippen LogP contribution in [0.1, 0.15) is 44.1 Å². The molecule has 21 heavy (non-hydrogen) atoms. The first-order valence-corrected chi connectivity index (χ1v) is 8.28. The SMILES string of the molecule is Cc1ccc2c(C(=O)c3cc4c(s3)CCCC4)c[nH]c2c1. The predicted octanol–water partition coefficient (Wildman–Crippen LogP) is 4.65. The van der Waals surface area contributed by atoms with Crippen LogP contribution in [0.4, 0.5) is 0 Å². The third-order valence-corrected chi connectivity index (χ3v) is 5.54. The molecule has 3 heteroatoms. The number of H-pyrrole nitrogens is 1. The summed E-state index contributed by atoms with van der Waals surface area (Å²) in [5.41, 5.74) is 4.43. The first-order chi connectivity index (χ1) is 10.2. The van der Waals surface area contributed by atoms with Crippen molar-refractivity contribution in [3.63, 3.8) is 0 Å². The van der Waals surface area contributed by atoms with Crippen LogP contribution < -0.4 is 0 Å². The maximum atomic E-state index is 12.8. The number of rotatable bonds is 2. The summed E-state index contributed by atoms with van der Waals surface area (Å²) in [7, 11) is 0. The molecule has 0 fully saturated rings. The molecule has 2 heterocycles. The van der Waals surface area contributed by atoms with E-state index in [9.17, 15) is 4.79 Å². The molecule has 3 aromatic rings. The molecule has 2 aromatic heterocycles. The summed E-state index contributed by atoms with van der Waals surface area (Å²) in [6.45, 7) is 2.06. The Balaban J connectivity index is 1.77. The highest BCUT2D eigenvalue weighted by Crippen LogP contribution is 2.32. The highest BCUT2D eigenvalue weighted by atomic mass is 32.1. The zero-order valence-electron chi connectivity index (χ0n) is 12.0. The summed E-state index contributed by atoms with van der Waals surface area (Å²) in [5.74, 6) is 0.157. The van der Waals surface area contributed by atoms with Crippen LogP contribution in [0.15, 0.2) is 30.5 Å². The summed E-state index contributed by atoms with van der Waals surface area (Å²) in [5, 5.41) is 1.02. The molecule has 1 aliphatic carbocycles. The van der Waals surface area contributed by atoms with Crippen LogP contribution in [0.2, 0.25) is 0 Å². The zero-order chi connectivity index (χ0) is 14.4. The van der Waals surface area contributed by atoms with Gasteiger partial charge in [-0.25, -0.2) is 0 Å². The number of benzene rings is 1. The molecule has 0 radical (unpaired) electrons. The van der Waals surface area contributed by atoms with Gasteiger partial charge in [-0.2, -0.15) is 0 Å². The molecule has 0 amide bonds. The maximum Gasteiger partial charge on any atom is 0.205 e. The minimum Gasteiger partial charge on any atom is -0.360 e. The Hall–Kier alpha value is -1.87. The average molecular weight is 295 g/mol. The Bertz CT molecular complexity index is 817. The van der Waals surface area contributed by atoms with Crippen molar-refractivity contribution >= 4 is 28.0 Å². The molecule has 2 nitrogen and oxygen atoms in total. The van der Waals surface area contributed by atoms with Gasteiger partial charge in [-0.05, 0) is 55.9 Å². The lowest BCUT2D eigenvalue weighted by Crippen LogP contribution is -1.97. The van der Waals surface area contributed by atoms with E-state index in [0.29, 0.717) is 0 Å². The number of aromatic nitrogens is 1. The second kappa shape index (κ2) is 4.85. The maximum absolute atomic E-state index is 12.8. The zero-order valence-corrected chi connectivity index (χ0v) is 12.8. The van der Waals surface area contributed by atoms with Crippen molar-refractivity contribution in [2.24, 2.45) is 0 Å². The van der Waals surface area contributed by atoms with Gasteiger partial charge in [-0.15, -0.1) is 11.3 Å². The lowest BCUT2D eigenvalue weighted by molar-refractivity contribution is 0.104. The first kappa shape index (κ1) is 12.8. The topological polar surface area (TPSA) is 32.9 Å². The molecule has 0 spiro atoms. The third kappa shape index (κ3) is 2.12. The van der Waals surface area contributed by atoms with Crippen molar-refractivity contribution in [2.45, 2.75) is 32.6 Å². The number of nitrogens with one attached hydrogen (secondary N) is 1. The fourth-order valence-electron chi connectivity index (χ4n) is 3.16. The van der Waals surface area contributed by atoms with Gasteiger partial charge in [0.25, 0.3) is 0 Å². The molecule has 0 bridgehead atoms. The van der Waals surface area contributed by atoms with Gasteiger partial charge < -0.3 is 4.98 Å². The van der Waals surface area contributed by atoms with Gasteiger partial charge >= 0.3 is 0 Å². The Morgan fingerprint density at radius 1 is 1.19 bits per heavy atom. The van der Waals surface area contributed by atoms with Crippen molar-refractivity contribution in [3.8, 4) is 0 Å². The smallest absolute Gasteiger partial charge is 0.205 e. The van der Waals surface area contributed by atoms with Gasteiger partial charge in [0.1, 0.15) is 0 Å². The molecule has 1 N–H and O–H groups in total. The van der Waals surface area contributed by atoms with E-state index in [-0.39, 0.29) is 5.78 Å². The monoisotopic (exact) mass is 295 g/mol.